The summed E-state index contributed by atoms with van der Waals surface area (Å²) in [7, 11) is 1.87. The van der Waals surface area contributed by atoms with E-state index in [2.05, 4.69) is 10.6 Å². The zero-order valence-electron chi connectivity index (χ0n) is 12.1. The number of nitrogens with one attached hydrogen (secondary N) is 2. The molecule has 1 fully saturated rings. The van der Waals surface area contributed by atoms with Gasteiger partial charge in [0.05, 0.1) is 18.6 Å². The fourth-order valence-corrected chi connectivity index (χ4v) is 1.94. The smallest absolute Gasteiger partial charge is 0.237 e. The third-order valence-electron chi connectivity index (χ3n) is 3.07. The van der Waals surface area contributed by atoms with Gasteiger partial charge in [0.1, 0.15) is 0 Å². The minimum atomic E-state index is -0.347. The molecule has 1 atom stereocenters. The van der Waals surface area contributed by atoms with Crippen LogP contribution in [0.25, 0.3) is 0 Å². The Morgan fingerprint density at radius 3 is 2.95 bits per heavy atom. The molecule has 19 heavy (non-hydrogen) atoms. The number of carbonyl (C=O) groups excluding carboxylic acids is 2. The van der Waals surface area contributed by atoms with Crippen molar-refractivity contribution in [3.8, 4) is 0 Å². The summed E-state index contributed by atoms with van der Waals surface area (Å²) >= 11 is 0. The minimum absolute atomic E-state index is 0.0629. The molecule has 0 saturated carbocycles. The molecule has 1 heterocycles. The van der Waals surface area contributed by atoms with Crippen LogP contribution >= 0.6 is 0 Å². The van der Waals surface area contributed by atoms with Crippen LogP contribution in [-0.4, -0.2) is 62.1 Å². The monoisotopic (exact) mass is 271 g/mol. The van der Waals surface area contributed by atoms with E-state index in [0.717, 1.165) is 13.0 Å². The van der Waals surface area contributed by atoms with Crippen LogP contribution in [0.3, 0.4) is 0 Å². The molecule has 2 N–H and O–H groups in total. The zero-order valence-corrected chi connectivity index (χ0v) is 12.1. The lowest BCUT2D eigenvalue weighted by Gasteiger charge is -2.31. The first kappa shape index (κ1) is 15.9. The van der Waals surface area contributed by atoms with Crippen LogP contribution in [0.2, 0.25) is 0 Å². The average Bonchev–Trinajstić information content (AvgIpc) is 2.33. The summed E-state index contributed by atoms with van der Waals surface area (Å²) in [5, 5.41) is 5.60. The molecular weight excluding hydrogens is 246 g/mol. The molecule has 6 nitrogen and oxygen atoms in total. The summed E-state index contributed by atoms with van der Waals surface area (Å²) in [4.78, 5) is 25.3. The Kier molecular flexibility index (Phi) is 6.80. The van der Waals surface area contributed by atoms with Gasteiger partial charge in [0.15, 0.2) is 0 Å². The Balaban J connectivity index is 2.17. The van der Waals surface area contributed by atoms with Gasteiger partial charge in [0.25, 0.3) is 0 Å². The summed E-state index contributed by atoms with van der Waals surface area (Å²) in [5.41, 5.74) is 0. The lowest BCUT2D eigenvalue weighted by Crippen LogP contribution is -2.54. The lowest BCUT2D eigenvalue weighted by molar-refractivity contribution is -0.133. The normalized spacial score (nSPS) is 20.4. The van der Waals surface area contributed by atoms with Gasteiger partial charge in [-0.2, -0.15) is 0 Å². The molecule has 1 aliphatic heterocycles. The van der Waals surface area contributed by atoms with Crippen LogP contribution in [0.1, 0.15) is 26.7 Å². The quantitative estimate of drug-likeness (QED) is 0.626. The van der Waals surface area contributed by atoms with Crippen LogP contribution in [0.4, 0.5) is 0 Å². The van der Waals surface area contributed by atoms with E-state index in [9.17, 15) is 9.59 Å². The molecule has 0 spiro atoms. The van der Waals surface area contributed by atoms with Gasteiger partial charge >= 0.3 is 0 Å². The van der Waals surface area contributed by atoms with Crippen molar-refractivity contribution in [1.82, 2.24) is 15.5 Å². The molecule has 2 amide bonds. The molecule has 110 valence electrons. The Morgan fingerprint density at radius 1 is 1.58 bits per heavy atom. The van der Waals surface area contributed by atoms with E-state index in [0.29, 0.717) is 19.7 Å². The zero-order chi connectivity index (χ0) is 14.3. The highest BCUT2D eigenvalue weighted by atomic mass is 16.5. The molecule has 0 radical (unpaired) electrons. The minimum Gasteiger partial charge on any atom is -0.379 e. The molecule has 0 aromatic heterocycles. The van der Waals surface area contributed by atoms with Crippen LogP contribution in [-0.2, 0) is 14.3 Å². The Hall–Kier alpha value is -1.14. The molecule has 1 rings (SSSR count). The molecule has 6 heteroatoms. The maximum absolute atomic E-state index is 11.7. The molecular formula is C13H25N3O3. The largest absolute Gasteiger partial charge is 0.379 e. The number of hydrogen-bond donors (Lipinski definition) is 2. The second-order valence-corrected chi connectivity index (χ2v) is 5.11. The van der Waals surface area contributed by atoms with E-state index >= 15 is 0 Å². The summed E-state index contributed by atoms with van der Waals surface area (Å²) < 4.78 is 5.38. The number of amides is 2. The first-order chi connectivity index (χ1) is 9.00. The van der Waals surface area contributed by atoms with Gasteiger partial charge in [-0.15, -0.1) is 0 Å². The second kappa shape index (κ2) is 8.12. The van der Waals surface area contributed by atoms with Crippen LogP contribution in [0.5, 0.6) is 0 Å². The molecule has 0 aromatic rings. The van der Waals surface area contributed by atoms with Gasteiger partial charge < -0.3 is 15.4 Å². The van der Waals surface area contributed by atoms with Crippen molar-refractivity contribution < 1.29 is 14.3 Å². The molecule has 0 aromatic carbocycles. The van der Waals surface area contributed by atoms with Gasteiger partial charge in [0.2, 0.25) is 11.8 Å². The topological polar surface area (TPSA) is 70.7 Å². The standard InChI is InChI=1S/C13H25N3O3/c1-10(2)19-8-4-5-14-12(17)9-11-13(18)15-6-7-16(11)3/h10-11H,4-9H2,1-3H3,(H,14,17)(H,15,18). The van der Waals surface area contributed by atoms with E-state index in [1.807, 2.05) is 25.8 Å². The predicted molar refractivity (Wildman–Crippen MR) is 72.8 cm³/mol. The number of likely N-dealkylation sites (N-methyl/N-ethyl adjacent to an activating group) is 1. The highest BCUT2D eigenvalue weighted by Gasteiger charge is 2.28. The van der Waals surface area contributed by atoms with E-state index in [-0.39, 0.29) is 30.4 Å². The Bertz CT molecular complexity index is 308. The van der Waals surface area contributed by atoms with E-state index in [4.69, 9.17) is 4.74 Å². The molecule has 1 saturated heterocycles. The Morgan fingerprint density at radius 2 is 2.32 bits per heavy atom. The molecule has 0 bridgehead atoms. The number of ether oxygens (including phenoxy) is 1. The third kappa shape index (κ3) is 6.02. The van der Waals surface area contributed by atoms with Crippen LogP contribution in [0.15, 0.2) is 0 Å². The van der Waals surface area contributed by atoms with Gasteiger partial charge in [-0.05, 0) is 27.3 Å². The van der Waals surface area contributed by atoms with Crippen molar-refractivity contribution in [3.05, 3.63) is 0 Å². The SMILES string of the molecule is CC(C)OCCCNC(=O)CC1C(=O)NCCN1C. The fraction of sp³-hybridized carbons (Fsp3) is 0.846. The van der Waals surface area contributed by atoms with Crippen molar-refractivity contribution in [2.24, 2.45) is 0 Å². The van der Waals surface area contributed by atoms with E-state index < -0.39 is 0 Å². The highest BCUT2D eigenvalue weighted by Crippen LogP contribution is 2.05. The maximum Gasteiger partial charge on any atom is 0.237 e. The third-order valence-corrected chi connectivity index (χ3v) is 3.07. The van der Waals surface area contributed by atoms with Gasteiger partial charge in [-0.1, -0.05) is 0 Å². The average molecular weight is 271 g/mol. The number of rotatable bonds is 7. The van der Waals surface area contributed by atoms with Gasteiger partial charge in [-0.3, -0.25) is 14.5 Å². The number of piperazine rings is 1. The second-order valence-electron chi connectivity index (χ2n) is 5.11. The molecule has 0 aliphatic carbocycles. The predicted octanol–water partition coefficient (Wildman–Crippen LogP) is -0.262. The molecule has 1 unspecified atom stereocenters. The molecule has 1 aliphatic rings. The summed E-state index contributed by atoms with van der Waals surface area (Å²) in [6, 6.07) is -0.347. The van der Waals surface area contributed by atoms with Crippen molar-refractivity contribution in [2.45, 2.75) is 38.8 Å². The number of nitrogens with zero attached hydrogens (tertiary/aromatic N) is 1. The van der Waals surface area contributed by atoms with Gasteiger partial charge in [-0.25, -0.2) is 0 Å². The van der Waals surface area contributed by atoms with Crippen molar-refractivity contribution in [3.63, 3.8) is 0 Å². The van der Waals surface area contributed by atoms with Crippen molar-refractivity contribution in [2.75, 3.05) is 33.3 Å². The number of hydrogen-bond acceptors (Lipinski definition) is 4. The summed E-state index contributed by atoms with van der Waals surface area (Å²) in [6.45, 7) is 6.63. The van der Waals surface area contributed by atoms with Crippen molar-refractivity contribution >= 4 is 11.8 Å². The van der Waals surface area contributed by atoms with Gasteiger partial charge in [0, 0.05) is 26.2 Å². The fourth-order valence-electron chi connectivity index (χ4n) is 1.94. The van der Waals surface area contributed by atoms with Crippen molar-refractivity contribution in [1.29, 1.82) is 0 Å². The van der Waals surface area contributed by atoms with E-state index in [1.54, 1.807) is 0 Å². The lowest BCUT2D eigenvalue weighted by atomic mass is 10.1. The first-order valence-electron chi connectivity index (χ1n) is 6.87. The Labute approximate surface area is 114 Å². The van der Waals surface area contributed by atoms with Crippen LogP contribution in [0, 0.1) is 0 Å². The summed E-state index contributed by atoms with van der Waals surface area (Å²) in [6.07, 6.45) is 1.22. The van der Waals surface area contributed by atoms with Crippen LogP contribution < -0.4 is 10.6 Å². The highest BCUT2D eigenvalue weighted by molar-refractivity contribution is 5.88. The van der Waals surface area contributed by atoms with E-state index in [1.165, 1.54) is 0 Å². The summed E-state index contributed by atoms with van der Waals surface area (Å²) in [5.74, 6) is -0.148. The number of carbonyl (C=O) groups is 2. The first-order valence-corrected chi connectivity index (χ1v) is 6.87. The maximum atomic E-state index is 11.7.